The highest BCUT2D eigenvalue weighted by molar-refractivity contribution is 5.94. The minimum atomic E-state index is -0.395. The number of likely N-dealkylation sites (tertiary alicyclic amines) is 1. The van der Waals surface area contributed by atoms with Crippen LogP contribution in [-0.2, 0) is 4.79 Å². The Labute approximate surface area is 129 Å². The minimum absolute atomic E-state index is 0.136. The number of piperidine rings is 1. The second-order valence-electron chi connectivity index (χ2n) is 6.21. The Morgan fingerprint density at radius 2 is 1.86 bits per heavy atom. The van der Waals surface area contributed by atoms with Gasteiger partial charge in [-0.2, -0.15) is 0 Å². The van der Waals surface area contributed by atoms with E-state index in [1.165, 1.54) is 12.1 Å². The zero-order chi connectivity index (χ0) is 15.5. The third kappa shape index (κ3) is 3.29. The molecule has 1 aromatic rings. The van der Waals surface area contributed by atoms with Crippen LogP contribution in [0.4, 0.5) is 4.39 Å². The Balaban J connectivity index is 1.50. The van der Waals surface area contributed by atoms with Crippen LogP contribution in [0.15, 0.2) is 24.3 Å². The molecule has 1 N–H and O–H groups in total. The van der Waals surface area contributed by atoms with E-state index in [0.717, 1.165) is 32.1 Å². The average Bonchev–Trinajstić information content (AvgIpc) is 2.45. The van der Waals surface area contributed by atoms with E-state index in [4.69, 9.17) is 0 Å². The number of amides is 2. The molecule has 1 heterocycles. The number of hydrogen-bond donors (Lipinski definition) is 1. The maximum atomic E-state index is 13.2. The summed E-state index contributed by atoms with van der Waals surface area (Å²) in [5.41, 5.74) is 0.386. The van der Waals surface area contributed by atoms with E-state index in [9.17, 15) is 14.0 Å². The van der Waals surface area contributed by atoms with Crippen LogP contribution < -0.4 is 5.32 Å². The summed E-state index contributed by atoms with van der Waals surface area (Å²) < 4.78 is 13.2. The van der Waals surface area contributed by atoms with E-state index in [-0.39, 0.29) is 23.8 Å². The first kappa shape index (κ1) is 15.0. The van der Waals surface area contributed by atoms with E-state index in [1.807, 2.05) is 0 Å². The highest BCUT2D eigenvalue weighted by Crippen LogP contribution is 2.26. The van der Waals surface area contributed by atoms with Gasteiger partial charge in [0, 0.05) is 30.6 Å². The van der Waals surface area contributed by atoms with Gasteiger partial charge in [-0.3, -0.25) is 9.59 Å². The lowest BCUT2D eigenvalue weighted by atomic mass is 9.84. The van der Waals surface area contributed by atoms with Crippen molar-refractivity contribution in [2.45, 2.75) is 38.1 Å². The van der Waals surface area contributed by atoms with Crippen molar-refractivity contribution in [2.75, 3.05) is 13.1 Å². The largest absolute Gasteiger partial charge is 0.353 e. The summed E-state index contributed by atoms with van der Waals surface area (Å²) in [7, 11) is 0. The molecule has 1 aliphatic carbocycles. The van der Waals surface area contributed by atoms with Gasteiger partial charge in [-0.1, -0.05) is 12.5 Å². The highest BCUT2D eigenvalue weighted by Gasteiger charge is 2.29. The number of hydrogen-bond acceptors (Lipinski definition) is 2. The lowest BCUT2D eigenvalue weighted by molar-refractivity contribution is -0.128. The van der Waals surface area contributed by atoms with Crippen molar-refractivity contribution >= 4 is 11.8 Å². The van der Waals surface area contributed by atoms with Crippen LogP contribution in [0.5, 0.6) is 0 Å². The van der Waals surface area contributed by atoms with Gasteiger partial charge in [0.05, 0.1) is 0 Å². The summed E-state index contributed by atoms with van der Waals surface area (Å²) in [4.78, 5) is 26.0. The van der Waals surface area contributed by atoms with Crippen LogP contribution in [0.25, 0.3) is 0 Å². The van der Waals surface area contributed by atoms with Gasteiger partial charge < -0.3 is 10.2 Å². The molecular weight excluding hydrogens is 283 g/mol. The van der Waals surface area contributed by atoms with Crippen LogP contribution in [0.2, 0.25) is 0 Å². The molecule has 2 aliphatic rings. The van der Waals surface area contributed by atoms with Gasteiger partial charge in [0.2, 0.25) is 5.91 Å². The molecule has 2 fully saturated rings. The lowest BCUT2D eigenvalue weighted by Gasteiger charge is -2.34. The minimum Gasteiger partial charge on any atom is -0.353 e. The zero-order valence-electron chi connectivity index (χ0n) is 12.6. The fraction of sp³-hybridized carbons (Fsp3) is 0.529. The number of halogens is 1. The van der Waals surface area contributed by atoms with Crippen molar-refractivity contribution in [3.63, 3.8) is 0 Å². The standard InChI is InChI=1S/C17H21FN2O2/c18-14-6-2-5-13(11-14)17(22)20-9-7-15(8-10-20)19-16(21)12-3-1-4-12/h2,5-6,11-12,15H,1,3-4,7-10H2,(H,19,21). The molecule has 3 rings (SSSR count). The second-order valence-corrected chi connectivity index (χ2v) is 6.21. The maximum Gasteiger partial charge on any atom is 0.253 e. The number of rotatable bonds is 3. The molecule has 2 amide bonds. The molecule has 0 aromatic heterocycles. The summed E-state index contributed by atoms with van der Waals surface area (Å²) in [5, 5.41) is 3.09. The molecule has 0 radical (unpaired) electrons. The van der Waals surface area contributed by atoms with E-state index in [0.29, 0.717) is 18.7 Å². The molecule has 1 saturated carbocycles. The van der Waals surface area contributed by atoms with Crippen molar-refractivity contribution in [3.8, 4) is 0 Å². The maximum absolute atomic E-state index is 13.2. The molecule has 118 valence electrons. The van der Waals surface area contributed by atoms with Crippen LogP contribution in [0, 0.1) is 11.7 Å². The van der Waals surface area contributed by atoms with Crippen molar-refractivity contribution in [1.29, 1.82) is 0 Å². The van der Waals surface area contributed by atoms with Gasteiger partial charge in [0.25, 0.3) is 5.91 Å². The molecule has 0 spiro atoms. The van der Waals surface area contributed by atoms with Crippen molar-refractivity contribution in [3.05, 3.63) is 35.6 Å². The van der Waals surface area contributed by atoms with E-state index >= 15 is 0 Å². The Morgan fingerprint density at radius 3 is 2.45 bits per heavy atom. The quantitative estimate of drug-likeness (QED) is 0.932. The lowest BCUT2D eigenvalue weighted by Crippen LogP contribution is -2.48. The summed E-state index contributed by atoms with van der Waals surface area (Å²) in [6.45, 7) is 1.20. The SMILES string of the molecule is O=C(NC1CCN(C(=O)c2cccc(F)c2)CC1)C1CCC1. The van der Waals surface area contributed by atoms with Gasteiger partial charge in [-0.25, -0.2) is 4.39 Å². The second kappa shape index (κ2) is 6.46. The van der Waals surface area contributed by atoms with Crippen LogP contribution in [-0.4, -0.2) is 35.8 Å². The molecule has 0 unspecified atom stereocenters. The first-order valence-corrected chi connectivity index (χ1v) is 7.99. The van der Waals surface area contributed by atoms with Crippen LogP contribution in [0.3, 0.4) is 0 Å². The summed E-state index contributed by atoms with van der Waals surface area (Å²) in [5.74, 6) is -0.162. The third-order valence-corrected chi connectivity index (χ3v) is 4.68. The van der Waals surface area contributed by atoms with E-state index < -0.39 is 5.82 Å². The molecule has 1 aromatic carbocycles. The Morgan fingerprint density at radius 1 is 1.14 bits per heavy atom. The monoisotopic (exact) mass is 304 g/mol. The fourth-order valence-corrected chi connectivity index (χ4v) is 3.02. The molecular formula is C17H21FN2O2. The molecule has 1 aliphatic heterocycles. The summed E-state index contributed by atoms with van der Waals surface area (Å²) in [6.07, 6.45) is 4.68. The topological polar surface area (TPSA) is 49.4 Å². The summed E-state index contributed by atoms with van der Waals surface area (Å²) in [6, 6.07) is 5.94. The predicted molar refractivity (Wildman–Crippen MR) is 80.8 cm³/mol. The van der Waals surface area contributed by atoms with Crippen LogP contribution >= 0.6 is 0 Å². The van der Waals surface area contributed by atoms with Crippen LogP contribution in [0.1, 0.15) is 42.5 Å². The molecule has 0 atom stereocenters. The van der Waals surface area contributed by atoms with Gasteiger partial charge in [-0.15, -0.1) is 0 Å². The number of nitrogens with zero attached hydrogens (tertiary/aromatic N) is 1. The smallest absolute Gasteiger partial charge is 0.253 e. The number of carbonyl (C=O) groups excluding carboxylic acids is 2. The van der Waals surface area contributed by atoms with Gasteiger partial charge in [0.1, 0.15) is 5.82 Å². The molecule has 0 bridgehead atoms. The summed E-state index contributed by atoms with van der Waals surface area (Å²) >= 11 is 0. The Hall–Kier alpha value is -1.91. The predicted octanol–water partition coefficient (Wildman–Crippen LogP) is 2.35. The highest BCUT2D eigenvalue weighted by atomic mass is 19.1. The van der Waals surface area contributed by atoms with Crippen molar-refractivity contribution in [1.82, 2.24) is 10.2 Å². The van der Waals surface area contributed by atoms with Gasteiger partial charge >= 0.3 is 0 Å². The van der Waals surface area contributed by atoms with E-state index in [2.05, 4.69) is 5.32 Å². The van der Waals surface area contributed by atoms with Gasteiger partial charge in [-0.05, 0) is 43.9 Å². The third-order valence-electron chi connectivity index (χ3n) is 4.68. The van der Waals surface area contributed by atoms with Crippen molar-refractivity contribution < 1.29 is 14.0 Å². The molecule has 5 heteroatoms. The van der Waals surface area contributed by atoms with Gasteiger partial charge in [0.15, 0.2) is 0 Å². The number of carbonyl (C=O) groups is 2. The Bertz CT molecular complexity index is 564. The average molecular weight is 304 g/mol. The fourth-order valence-electron chi connectivity index (χ4n) is 3.02. The molecule has 22 heavy (non-hydrogen) atoms. The van der Waals surface area contributed by atoms with E-state index in [1.54, 1.807) is 17.0 Å². The zero-order valence-corrected chi connectivity index (χ0v) is 12.6. The normalized spacial score (nSPS) is 19.6. The molecule has 4 nitrogen and oxygen atoms in total. The first-order chi connectivity index (χ1) is 10.6. The van der Waals surface area contributed by atoms with Crippen molar-refractivity contribution in [2.24, 2.45) is 5.92 Å². The number of nitrogens with one attached hydrogen (secondary N) is 1. The first-order valence-electron chi connectivity index (χ1n) is 7.99. The Kier molecular flexibility index (Phi) is 4.41. The molecule has 1 saturated heterocycles. The number of benzene rings is 1.